The van der Waals surface area contributed by atoms with E-state index in [1.54, 1.807) is 0 Å². The molecule has 2 heterocycles. The molecule has 0 atom stereocenters. The fraction of sp³-hybridized carbons (Fsp3) is 0.706. The zero-order valence-corrected chi connectivity index (χ0v) is 14.6. The van der Waals surface area contributed by atoms with E-state index in [2.05, 4.69) is 10.2 Å². The van der Waals surface area contributed by atoms with Crippen LogP contribution in [0.15, 0.2) is 12.2 Å². The van der Waals surface area contributed by atoms with Crippen molar-refractivity contribution in [3.63, 3.8) is 0 Å². The van der Waals surface area contributed by atoms with E-state index in [1.165, 1.54) is 38.1 Å². The molecule has 2 aliphatic heterocycles. The lowest BCUT2D eigenvalue weighted by atomic mass is 10.3. The summed E-state index contributed by atoms with van der Waals surface area (Å²) in [7, 11) is 0. The van der Waals surface area contributed by atoms with Crippen LogP contribution in [0.4, 0.5) is 0 Å². The van der Waals surface area contributed by atoms with Crippen molar-refractivity contribution in [2.75, 3.05) is 59.2 Å². The summed E-state index contributed by atoms with van der Waals surface area (Å²) in [6, 6.07) is 0. The molecule has 142 valence electrons. The third-order valence-corrected chi connectivity index (χ3v) is 4.15. The zero-order chi connectivity index (χ0) is 17.9. The smallest absolute Gasteiger partial charge is 0.253 e. The molecule has 1 fully saturated rings. The molecular weight excluding hydrogens is 326 g/mol. The monoisotopic (exact) mass is 357 g/mol. The molecule has 0 bridgehead atoms. The van der Waals surface area contributed by atoms with Gasteiger partial charge in [-0.2, -0.15) is 0 Å². The Morgan fingerprint density at radius 2 is 1.64 bits per heavy atom. The maximum atomic E-state index is 11.6. The molecule has 1 saturated heterocycles. The number of hydrogen-bond acceptors (Lipinski definition) is 6. The molecule has 0 aromatic carbocycles. The second-order valence-electron chi connectivity index (χ2n) is 6.03. The van der Waals surface area contributed by atoms with E-state index in [1.807, 2.05) is 0 Å². The first-order chi connectivity index (χ1) is 12.2. The van der Waals surface area contributed by atoms with E-state index in [4.69, 9.17) is 9.47 Å². The predicted octanol–water partition coefficient (Wildman–Crippen LogP) is -0.207. The standard InChI is InChI=1S/C17H27N3O5.H2/c21-15(5-9-20-16(22)3-4-17(20)23)18-6-11-24-13-14-25-12-10-19-7-1-2-8-19;/h3-4H,1-2,5-14H2,(H,18,21);1H/i;1+2. The Bertz CT molecular complexity index is 477. The highest BCUT2D eigenvalue weighted by Crippen LogP contribution is 2.06. The van der Waals surface area contributed by atoms with Crippen LogP contribution in [0, 0.1) is 0 Å². The number of carbonyl (C=O) groups excluding carboxylic acids is 3. The molecule has 0 aliphatic carbocycles. The number of imide groups is 1. The highest BCUT2D eigenvalue weighted by molar-refractivity contribution is 6.13. The number of carbonyl (C=O) groups is 3. The van der Waals surface area contributed by atoms with Crippen LogP contribution < -0.4 is 5.32 Å². The summed E-state index contributed by atoms with van der Waals surface area (Å²) < 4.78 is 10.9. The summed E-state index contributed by atoms with van der Waals surface area (Å²) in [4.78, 5) is 37.8. The van der Waals surface area contributed by atoms with E-state index in [0.717, 1.165) is 18.1 Å². The van der Waals surface area contributed by atoms with Gasteiger partial charge in [0.2, 0.25) is 5.91 Å². The molecule has 0 aromatic rings. The van der Waals surface area contributed by atoms with Gasteiger partial charge in [-0.3, -0.25) is 19.3 Å². The number of nitrogens with zero attached hydrogens (tertiary/aromatic N) is 2. The SMILES string of the molecule is O=C(CCN1C(=O)C=CC1=O)NCCOCCOCCN1CCCC1.[3HH]. The fourth-order valence-electron chi connectivity index (χ4n) is 2.74. The molecular formula is C17H29N3O5. The number of hydrogen-bond donors (Lipinski definition) is 1. The third kappa shape index (κ3) is 7.33. The second kappa shape index (κ2) is 11.0. The molecule has 0 unspecified atom stereocenters. The molecule has 0 aromatic heterocycles. The molecule has 2 aliphatic rings. The van der Waals surface area contributed by atoms with Crippen LogP contribution in [0.2, 0.25) is 0 Å². The molecule has 0 saturated carbocycles. The van der Waals surface area contributed by atoms with Crippen molar-refractivity contribution in [1.82, 2.24) is 15.1 Å². The summed E-state index contributed by atoms with van der Waals surface area (Å²) in [6.07, 6.45) is 5.09. The third-order valence-electron chi connectivity index (χ3n) is 4.15. The van der Waals surface area contributed by atoms with Crippen molar-refractivity contribution in [3.8, 4) is 0 Å². The number of rotatable bonds is 12. The summed E-state index contributed by atoms with van der Waals surface area (Å²) in [5.74, 6) is -0.949. The molecule has 0 radical (unpaired) electrons. The average Bonchev–Trinajstić information content (AvgIpc) is 3.22. The van der Waals surface area contributed by atoms with Crippen LogP contribution in [0.3, 0.4) is 0 Å². The first-order valence-electron chi connectivity index (χ1n) is 8.85. The Hall–Kier alpha value is -1.77. The highest BCUT2D eigenvalue weighted by atomic mass is 16.5. The minimum Gasteiger partial charge on any atom is -0.378 e. The Labute approximate surface area is 149 Å². The van der Waals surface area contributed by atoms with Crippen molar-refractivity contribution in [1.29, 1.82) is 0 Å². The number of nitrogens with one attached hydrogen (secondary N) is 1. The largest absolute Gasteiger partial charge is 0.378 e. The molecule has 8 heteroatoms. The molecule has 3 amide bonds. The molecule has 8 nitrogen and oxygen atoms in total. The van der Waals surface area contributed by atoms with Gasteiger partial charge in [-0.25, -0.2) is 0 Å². The summed E-state index contributed by atoms with van der Waals surface area (Å²) in [5.41, 5.74) is 0. The van der Waals surface area contributed by atoms with Gasteiger partial charge < -0.3 is 19.7 Å². The van der Waals surface area contributed by atoms with Gasteiger partial charge >= 0.3 is 0 Å². The lowest BCUT2D eigenvalue weighted by Crippen LogP contribution is -2.35. The van der Waals surface area contributed by atoms with Crippen molar-refractivity contribution in [2.45, 2.75) is 19.3 Å². The second-order valence-corrected chi connectivity index (χ2v) is 6.03. The van der Waals surface area contributed by atoms with E-state index in [-0.39, 0.29) is 32.1 Å². The molecule has 0 spiro atoms. The van der Waals surface area contributed by atoms with Gasteiger partial charge in [0.25, 0.3) is 11.8 Å². The molecule has 1 N–H and O–H groups in total. The average molecular weight is 357 g/mol. The zero-order valence-electron chi connectivity index (χ0n) is 14.6. The Morgan fingerprint density at radius 1 is 1.00 bits per heavy atom. The lowest BCUT2D eigenvalue weighted by molar-refractivity contribution is -0.137. The van der Waals surface area contributed by atoms with Gasteiger partial charge in [0.15, 0.2) is 0 Å². The summed E-state index contributed by atoms with van der Waals surface area (Å²) in [5, 5.41) is 2.69. The van der Waals surface area contributed by atoms with Crippen molar-refractivity contribution >= 4 is 17.7 Å². The van der Waals surface area contributed by atoms with Gasteiger partial charge in [0.05, 0.1) is 26.4 Å². The van der Waals surface area contributed by atoms with E-state index in [0.29, 0.717) is 26.4 Å². The minimum atomic E-state index is -0.370. The van der Waals surface area contributed by atoms with Crippen molar-refractivity contribution in [3.05, 3.63) is 12.2 Å². The van der Waals surface area contributed by atoms with Gasteiger partial charge in [-0.1, -0.05) is 0 Å². The van der Waals surface area contributed by atoms with Crippen LogP contribution >= 0.6 is 0 Å². The quantitative estimate of drug-likeness (QED) is 0.384. The highest BCUT2D eigenvalue weighted by Gasteiger charge is 2.23. The van der Waals surface area contributed by atoms with E-state index in [9.17, 15) is 14.4 Å². The van der Waals surface area contributed by atoms with Crippen LogP contribution in [0.1, 0.15) is 20.7 Å². The lowest BCUT2D eigenvalue weighted by Gasteiger charge is -2.14. The van der Waals surface area contributed by atoms with Crippen LogP contribution in [0.25, 0.3) is 0 Å². The van der Waals surface area contributed by atoms with Gasteiger partial charge in [0, 0.05) is 39.6 Å². The number of likely N-dealkylation sites (tertiary alicyclic amines) is 1. The molecule has 25 heavy (non-hydrogen) atoms. The maximum Gasteiger partial charge on any atom is 0.253 e. The molecule has 2 rings (SSSR count). The Morgan fingerprint density at radius 3 is 2.32 bits per heavy atom. The number of amides is 3. The maximum absolute atomic E-state index is 11.6. The first-order valence-corrected chi connectivity index (χ1v) is 8.85. The van der Waals surface area contributed by atoms with Crippen molar-refractivity contribution in [2.24, 2.45) is 0 Å². The van der Waals surface area contributed by atoms with E-state index < -0.39 is 0 Å². The minimum absolute atomic E-state index is 0. The Balaban J connectivity index is 0.00000338. The van der Waals surface area contributed by atoms with Crippen LogP contribution in [-0.4, -0.2) is 86.7 Å². The first kappa shape index (κ1) is 19.6. The summed E-state index contributed by atoms with van der Waals surface area (Å²) in [6.45, 7) is 6.01. The Kier molecular flexibility index (Phi) is 8.58. The summed E-state index contributed by atoms with van der Waals surface area (Å²) >= 11 is 0. The normalized spacial score (nSPS) is 17.7. The van der Waals surface area contributed by atoms with Gasteiger partial charge in [-0.05, 0) is 25.9 Å². The van der Waals surface area contributed by atoms with E-state index >= 15 is 0 Å². The predicted molar refractivity (Wildman–Crippen MR) is 92.9 cm³/mol. The van der Waals surface area contributed by atoms with Crippen molar-refractivity contribution < 1.29 is 25.3 Å². The van der Waals surface area contributed by atoms with Gasteiger partial charge in [0.1, 0.15) is 0 Å². The van der Waals surface area contributed by atoms with Crippen LogP contribution in [-0.2, 0) is 23.9 Å². The topological polar surface area (TPSA) is 88.2 Å². The van der Waals surface area contributed by atoms with Crippen LogP contribution in [0.5, 0.6) is 0 Å². The fourth-order valence-corrected chi connectivity index (χ4v) is 2.74. The van der Waals surface area contributed by atoms with Gasteiger partial charge in [-0.15, -0.1) is 0 Å². The number of ether oxygens (including phenoxy) is 2.